The molecule has 0 aromatic rings. The van der Waals surface area contributed by atoms with Crippen LogP contribution in [0.15, 0.2) is 0 Å². The first-order valence-electron chi connectivity index (χ1n) is 1.74. The molecule has 6 nitrogen and oxygen atoms in total. The first-order chi connectivity index (χ1) is 3.18. The third-order valence-corrected chi connectivity index (χ3v) is 0.472. The van der Waals surface area contributed by atoms with Gasteiger partial charge in [0.1, 0.15) is 0 Å². The molecule has 0 aliphatic heterocycles. The van der Waals surface area contributed by atoms with E-state index in [-0.39, 0.29) is 0 Å². The van der Waals surface area contributed by atoms with E-state index < -0.39 is 10.5 Å². The normalized spacial score (nSPS) is 18.9. The zero-order valence-corrected chi connectivity index (χ0v) is 3.99. The summed E-state index contributed by atoms with van der Waals surface area (Å²) < 4.78 is 0. The van der Waals surface area contributed by atoms with E-state index >= 15 is 0 Å². The van der Waals surface area contributed by atoms with Gasteiger partial charge < -0.3 is 11.0 Å². The Balaban J connectivity index is 3.14. The largest absolute Gasteiger partial charge is 0.562 e. The number of nitrogens with two attached hydrogens (primary N) is 1. The van der Waals surface area contributed by atoms with Crippen LogP contribution in [0.3, 0.4) is 0 Å². The van der Waals surface area contributed by atoms with Crippen molar-refractivity contribution in [2.75, 3.05) is 7.05 Å². The van der Waals surface area contributed by atoms with Gasteiger partial charge in [0.25, 0.3) is 0 Å². The van der Waals surface area contributed by atoms with E-state index in [9.17, 15) is 5.21 Å². The summed E-state index contributed by atoms with van der Waals surface area (Å²) in [6, 6.07) is 0. The molecule has 7 heavy (non-hydrogen) atoms. The molecule has 0 saturated heterocycles. The van der Waals surface area contributed by atoms with Crippen molar-refractivity contribution in [2.45, 2.75) is 0 Å². The van der Waals surface area contributed by atoms with Crippen molar-refractivity contribution in [3.63, 3.8) is 0 Å². The van der Waals surface area contributed by atoms with Crippen molar-refractivity contribution in [2.24, 2.45) is 5.84 Å². The summed E-state index contributed by atoms with van der Waals surface area (Å²) >= 11 is 0. The molecular formula is CH9N5O. The highest BCUT2D eigenvalue weighted by Gasteiger charge is 1.88. The average molecular weight is 107 g/mol. The maximum Gasteiger partial charge on any atom is 0.0390 e. The van der Waals surface area contributed by atoms with Gasteiger partial charge in [-0.3, -0.25) is 0 Å². The van der Waals surface area contributed by atoms with E-state index in [1.807, 2.05) is 0 Å². The van der Waals surface area contributed by atoms with Crippen LogP contribution in [0.5, 0.6) is 0 Å². The minimum absolute atomic E-state index is 0.456. The van der Waals surface area contributed by atoms with Gasteiger partial charge in [0.05, 0.1) is 0 Å². The Morgan fingerprint density at radius 3 is 2.29 bits per heavy atom. The lowest BCUT2D eigenvalue weighted by Gasteiger charge is -2.25. The Labute approximate surface area is 41.1 Å². The maximum absolute atomic E-state index is 10.1. The van der Waals surface area contributed by atoms with Crippen LogP contribution in [-0.4, -0.2) is 7.05 Å². The molecule has 0 spiro atoms. The minimum Gasteiger partial charge on any atom is -0.562 e. The van der Waals surface area contributed by atoms with Crippen LogP contribution in [0, 0.1) is 5.21 Å². The number of rotatable bonds is 2. The van der Waals surface area contributed by atoms with Crippen molar-refractivity contribution in [1.82, 2.24) is 5.43 Å². The SMILES string of the molecule is CN[NH+]([O-])[NH+]([NH-])N. The second-order valence-electron chi connectivity index (χ2n) is 0.993. The van der Waals surface area contributed by atoms with Gasteiger partial charge in [-0.05, 0) is 0 Å². The van der Waals surface area contributed by atoms with Gasteiger partial charge in [-0.15, -0.1) is 16.5 Å². The summed E-state index contributed by atoms with van der Waals surface area (Å²) in [4.78, 5) is 0. The van der Waals surface area contributed by atoms with E-state index in [2.05, 4.69) is 5.43 Å². The molecule has 0 rings (SSSR count). The molecule has 0 amide bonds. The van der Waals surface area contributed by atoms with Crippen molar-refractivity contribution in [3.8, 4) is 0 Å². The monoisotopic (exact) mass is 107 g/mol. The summed E-state index contributed by atoms with van der Waals surface area (Å²) in [5.74, 6) is 11.2. The first-order valence-corrected chi connectivity index (χ1v) is 1.74. The van der Waals surface area contributed by atoms with Crippen molar-refractivity contribution < 1.29 is 10.5 Å². The van der Waals surface area contributed by atoms with Gasteiger partial charge in [0.15, 0.2) is 0 Å². The Bertz CT molecular complexity index is 45.3. The summed E-state index contributed by atoms with van der Waals surface area (Å²) in [7, 11) is 1.42. The molecule has 44 valence electrons. The van der Waals surface area contributed by atoms with Crippen molar-refractivity contribution in [1.29, 1.82) is 0 Å². The van der Waals surface area contributed by atoms with Crippen LogP contribution in [0.25, 0.3) is 5.84 Å². The van der Waals surface area contributed by atoms with E-state index in [4.69, 9.17) is 11.7 Å². The first kappa shape index (κ1) is 6.76. The zero-order chi connectivity index (χ0) is 5.86. The number of hydrogen-bond acceptors (Lipinski definition) is 3. The molecule has 0 fully saturated rings. The topological polar surface area (TPSA) is 93.8 Å². The standard InChI is InChI=1S/CH9N5O/c1-4-6(7)5(2)3/h2,4-6H,3H2,1H3. The summed E-state index contributed by atoms with van der Waals surface area (Å²) in [6.45, 7) is 0. The van der Waals surface area contributed by atoms with Crippen LogP contribution in [0.4, 0.5) is 0 Å². The van der Waals surface area contributed by atoms with Crippen molar-refractivity contribution in [3.05, 3.63) is 11.0 Å². The van der Waals surface area contributed by atoms with Gasteiger partial charge in [0, 0.05) is 7.05 Å². The Kier molecular flexibility index (Phi) is 2.76. The fraction of sp³-hybridized carbons (Fsp3) is 1.00. The quantitative estimate of drug-likeness (QED) is 0.215. The van der Waals surface area contributed by atoms with Crippen LogP contribution in [0.1, 0.15) is 0 Å². The predicted molar refractivity (Wildman–Crippen MR) is 22.9 cm³/mol. The molecule has 0 aromatic carbocycles. The molecule has 6 heteroatoms. The highest BCUT2D eigenvalue weighted by molar-refractivity contribution is 3.89. The lowest BCUT2D eigenvalue weighted by Crippen LogP contribution is -3.60. The van der Waals surface area contributed by atoms with E-state index in [1.54, 1.807) is 0 Å². The highest BCUT2D eigenvalue weighted by Crippen LogP contribution is 1.03. The number of nitrogens with one attached hydrogen (secondary N) is 4. The Morgan fingerprint density at radius 2 is 2.29 bits per heavy atom. The molecule has 0 aliphatic carbocycles. The van der Waals surface area contributed by atoms with Crippen LogP contribution >= 0.6 is 0 Å². The molecule has 2 unspecified atom stereocenters. The second kappa shape index (κ2) is 2.86. The summed E-state index contributed by atoms with van der Waals surface area (Å²) in [6.07, 6.45) is 0. The second-order valence-corrected chi connectivity index (χ2v) is 0.993. The van der Waals surface area contributed by atoms with Gasteiger partial charge >= 0.3 is 0 Å². The van der Waals surface area contributed by atoms with Gasteiger partial charge in [-0.2, -0.15) is 5.23 Å². The third kappa shape index (κ3) is 2.45. The maximum atomic E-state index is 10.1. The van der Waals surface area contributed by atoms with E-state index in [0.29, 0.717) is 0 Å². The molecule has 0 bridgehead atoms. The molecule has 0 heterocycles. The minimum atomic E-state index is -0.542. The molecule has 0 aromatic heterocycles. The van der Waals surface area contributed by atoms with E-state index in [0.717, 1.165) is 0 Å². The molecule has 0 radical (unpaired) electrons. The zero-order valence-electron chi connectivity index (χ0n) is 3.99. The lowest BCUT2D eigenvalue weighted by molar-refractivity contribution is -1.49. The van der Waals surface area contributed by atoms with E-state index in [1.165, 1.54) is 7.05 Å². The van der Waals surface area contributed by atoms with Crippen LogP contribution < -0.4 is 21.8 Å². The molecular weight excluding hydrogens is 98.0 g/mol. The molecule has 6 N–H and O–H groups in total. The predicted octanol–water partition coefficient (Wildman–Crippen LogP) is -3.86. The number of hydrogen-bond donors (Lipinski definition) is 4. The summed E-state index contributed by atoms with van der Waals surface area (Å²) in [5, 5.41) is 9.05. The molecule has 0 aliphatic rings. The Morgan fingerprint density at radius 1 is 1.86 bits per heavy atom. The third-order valence-electron chi connectivity index (χ3n) is 0.472. The van der Waals surface area contributed by atoms with Crippen LogP contribution in [-0.2, 0) is 0 Å². The molecule has 0 saturated carbocycles. The Hall–Kier alpha value is -0.240. The number of quaternary nitrogens is 2. The van der Waals surface area contributed by atoms with Gasteiger partial charge in [-0.25, -0.2) is 0 Å². The molecule has 2 atom stereocenters. The fourth-order valence-electron chi connectivity index (χ4n) is 0.135. The smallest absolute Gasteiger partial charge is 0.0390 e. The highest BCUT2D eigenvalue weighted by atomic mass is 16.6. The van der Waals surface area contributed by atoms with Crippen molar-refractivity contribution >= 4 is 0 Å². The fourth-order valence-corrected chi connectivity index (χ4v) is 0.135. The average Bonchev–Trinajstić information content (AvgIpc) is 1.65. The summed E-state index contributed by atoms with van der Waals surface area (Å²) in [5.41, 5.74) is 2.18. The van der Waals surface area contributed by atoms with Gasteiger partial charge in [-0.1, -0.05) is 0 Å². The lowest BCUT2D eigenvalue weighted by atomic mass is 11.5. The van der Waals surface area contributed by atoms with Gasteiger partial charge in [0.2, 0.25) is 0 Å². The van der Waals surface area contributed by atoms with Crippen LogP contribution in [0.2, 0.25) is 0 Å².